The number of furan rings is 1. The molecule has 1 saturated carbocycles. The highest BCUT2D eigenvalue weighted by molar-refractivity contribution is 5.50. The molecule has 2 rings (SSSR count). The number of nitrogens with two attached hydrogens (primary N) is 1. The van der Waals surface area contributed by atoms with Crippen molar-refractivity contribution in [2.24, 2.45) is 5.73 Å². The van der Waals surface area contributed by atoms with Crippen molar-refractivity contribution in [3.8, 4) is 0 Å². The minimum absolute atomic E-state index is 0.0922. The lowest BCUT2D eigenvalue weighted by Crippen LogP contribution is -2.42. The fraction of sp³-hybridized carbons (Fsp3) is 0.538. The summed E-state index contributed by atoms with van der Waals surface area (Å²) in [5.74, 6) is 0.905. The molecule has 2 heteroatoms. The lowest BCUT2D eigenvalue weighted by molar-refractivity contribution is 0.343. The molecule has 0 atom stereocenters. The molecule has 1 aromatic rings. The summed E-state index contributed by atoms with van der Waals surface area (Å²) in [6.07, 6.45) is 9.81. The zero-order valence-electron chi connectivity index (χ0n) is 9.33. The Morgan fingerprint density at radius 1 is 1.40 bits per heavy atom. The number of hydrogen-bond acceptors (Lipinski definition) is 2. The van der Waals surface area contributed by atoms with Crippen molar-refractivity contribution in [2.45, 2.75) is 44.6 Å². The summed E-state index contributed by atoms with van der Waals surface area (Å²) in [4.78, 5) is 0. The molecule has 1 aliphatic carbocycles. The molecule has 0 bridgehead atoms. The molecule has 1 aromatic heterocycles. The first-order chi connectivity index (χ1) is 7.21. The van der Waals surface area contributed by atoms with Crippen LogP contribution in [0.4, 0.5) is 0 Å². The molecule has 82 valence electrons. The first kappa shape index (κ1) is 10.5. The average Bonchev–Trinajstić information content (AvgIpc) is 2.71. The van der Waals surface area contributed by atoms with Gasteiger partial charge in [-0.3, -0.25) is 0 Å². The van der Waals surface area contributed by atoms with Gasteiger partial charge in [0.05, 0.1) is 6.26 Å². The van der Waals surface area contributed by atoms with Gasteiger partial charge in [0.1, 0.15) is 5.76 Å². The van der Waals surface area contributed by atoms with E-state index in [4.69, 9.17) is 10.2 Å². The standard InChI is InChI=1S/C13H19NO/c1-11(10-12-6-5-9-15-12)13(14)7-3-2-4-8-13/h5-6,9-10H,2-4,7-8,14H2,1H3/b11-10-. The third-order valence-corrected chi connectivity index (χ3v) is 3.43. The van der Waals surface area contributed by atoms with E-state index in [1.54, 1.807) is 6.26 Å². The van der Waals surface area contributed by atoms with Gasteiger partial charge in [-0.05, 0) is 43.5 Å². The van der Waals surface area contributed by atoms with E-state index in [9.17, 15) is 0 Å². The van der Waals surface area contributed by atoms with Crippen LogP contribution in [0.15, 0.2) is 28.4 Å². The molecule has 0 spiro atoms. The van der Waals surface area contributed by atoms with Gasteiger partial charge in [0.15, 0.2) is 0 Å². The van der Waals surface area contributed by atoms with Gasteiger partial charge in [-0.1, -0.05) is 19.3 Å². The van der Waals surface area contributed by atoms with E-state index in [-0.39, 0.29) is 5.54 Å². The normalized spacial score (nSPS) is 21.6. The summed E-state index contributed by atoms with van der Waals surface area (Å²) in [7, 11) is 0. The Bertz CT molecular complexity index is 331. The van der Waals surface area contributed by atoms with E-state index in [1.807, 2.05) is 12.1 Å². The van der Waals surface area contributed by atoms with Crippen LogP contribution in [0.1, 0.15) is 44.8 Å². The summed E-state index contributed by atoms with van der Waals surface area (Å²) in [6, 6.07) is 3.87. The summed E-state index contributed by atoms with van der Waals surface area (Å²) in [5, 5.41) is 0. The minimum atomic E-state index is -0.0922. The fourth-order valence-electron chi connectivity index (χ4n) is 2.31. The second-order valence-corrected chi connectivity index (χ2v) is 4.56. The van der Waals surface area contributed by atoms with Crippen molar-refractivity contribution >= 4 is 6.08 Å². The highest BCUT2D eigenvalue weighted by Crippen LogP contribution is 2.32. The van der Waals surface area contributed by atoms with Crippen molar-refractivity contribution < 1.29 is 4.42 Å². The largest absolute Gasteiger partial charge is 0.465 e. The van der Waals surface area contributed by atoms with E-state index >= 15 is 0 Å². The summed E-state index contributed by atoms with van der Waals surface area (Å²) >= 11 is 0. The minimum Gasteiger partial charge on any atom is -0.465 e. The van der Waals surface area contributed by atoms with Crippen molar-refractivity contribution in [1.82, 2.24) is 0 Å². The van der Waals surface area contributed by atoms with E-state index in [0.29, 0.717) is 0 Å². The van der Waals surface area contributed by atoms with Crippen LogP contribution in [0.3, 0.4) is 0 Å². The Hall–Kier alpha value is -1.02. The third kappa shape index (κ3) is 2.32. The van der Waals surface area contributed by atoms with Crippen LogP contribution >= 0.6 is 0 Å². The van der Waals surface area contributed by atoms with Crippen LogP contribution in [-0.4, -0.2) is 5.54 Å². The summed E-state index contributed by atoms with van der Waals surface area (Å²) in [5.41, 5.74) is 7.56. The van der Waals surface area contributed by atoms with Crippen LogP contribution < -0.4 is 5.73 Å². The van der Waals surface area contributed by atoms with Gasteiger partial charge in [-0.25, -0.2) is 0 Å². The highest BCUT2D eigenvalue weighted by Gasteiger charge is 2.28. The molecule has 2 N–H and O–H groups in total. The second kappa shape index (κ2) is 4.23. The van der Waals surface area contributed by atoms with Crippen LogP contribution in [0, 0.1) is 0 Å². The lowest BCUT2D eigenvalue weighted by atomic mass is 9.77. The third-order valence-electron chi connectivity index (χ3n) is 3.43. The summed E-state index contributed by atoms with van der Waals surface area (Å²) in [6.45, 7) is 2.12. The van der Waals surface area contributed by atoms with Gasteiger partial charge in [0, 0.05) is 5.54 Å². The van der Waals surface area contributed by atoms with Gasteiger partial charge >= 0.3 is 0 Å². The highest BCUT2D eigenvalue weighted by atomic mass is 16.3. The van der Waals surface area contributed by atoms with E-state index < -0.39 is 0 Å². The average molecular weight is 205 g/mol. The van der Waals surface area contributed by atoms with Crippen molar-refractivity contribution in [1.29, 1.82) is 0 Å². The monoisotopic (exact) mass is 205 g/mol. The molecule has 15 heavy (non-hydrogen) atoms. The van der Waals surface area contributed by atoms with E-state index in [2.05, 4.69) is 13.0 Å². The molecule has 0 aromatic carbocycles. The zero-order valence-corrected chi connectivity index (χ0v) is 9.33. The van der Waals surface area contributed by atoms with Crippen LogP contribution in [0.5, 0.6) is 0 Å². The summed E-state index contributed by atoms with van der Waals surface area (Å²) < 4.78 is 5.31. The van der Waals surface area contributed by atoms with Crippen LogP contribution in [0.25, 0.3) is 6.08 Å². The van der Waals surface area contributed by atoms with Gasteiger partial charge in [-0.15, -0.1) is 0 Å². The van der Waals surface area contributed by atoms with Gasteiger partial charge in [0.25, 0.3) is 0 Å². The molecule has 0 radical (unpaired) electrons. The molecule has 1 aliphatic rings. The van der Waals surface area contributed by atoms with Gasteiger partial charge in [-0.2, -0.15) is 0 Å². The maximum atomic E-state index is 6.41. The van der Waals surface area contributed by atoms with E-state index in [1.165, 1.54) is 24.8 Å². The molecule has 1 heterocycles. The quantitative estimate of drug-likeness (QED) is 0.804. The Labute approximate surface area is 91.2 Å². The molecule has 1 fully saturated rings. The fourth-order valence-corrected chi connectivity index (χ4v) is 2.31. The maximum absolute atomic E-state index is 6.41. The predicted octanol–water partition coefficient (Wildman–Crippen LogP) is 3.34. The maximum Gasteiger partial charge on any atom is 0.126 e. The molecule has 0 unspecified atom stereocenters. The van der Waals surface area contributed by atoms with Crippen molar-refractivity contribution in [2.75, 3.05) is 0 Å². The molecule has 2 nitrogen and oxygen atoms in total. The lowest BCUT2D eigenvalue weighted by Gasteiger charge is -2.34. The topological polar surface area (TPSA) is 39.2 Å². The SMILES string of the molecule is C/C(=C/c1ccco1)C1(N)CCCCC1. The Morgan fingerprint density at radius 2 is 2.13 bits per heavy atom. The smallest absolute Gasteiger partial charge is 0.126 e. The molecular weight excluding hydrogens is 186 g/mol. The second-order valence-electron chi connectivity index (χ2n) is 4.56. The molecule has 0 saturated heterocycles. The number of hydrogen-bond donors (Lipinski definition) is 1. The van der Waals surface area contributed by atoms with Crippen molar-refractivity contribution in [3.05, 3.63) is 29.7 Å². The van der Waals surface area contributed by atoms with Crippen LogP contribution in [-0.2, 0) is 0 Å². The molecule has 0 amide bonds. The van der Waals surface area contributed by atoms with Crippen LogP contribution in [0.2, 0.25) is 0 Å². The number of rotatable bonds is 2. The predicted molar refractivity (Wildman–Crippen MR) is 62.4 cm³/mol. The first-order valence-electron chi connectivity index (χ1n) is 5.72. The first-order valence-corrected chi connectivity index (χ1v) is 5.72. The zero-order chi connectivity index (χ0) is 10.7. The molecular formula is C13H19NO. The Kier molecular flexibility index (Phi) is 2.96. The van der Waals surface area contributed by atoms with Gasteiger partial charge in [0.2, 0.25) is 0 Å². The van der Waals surface area contributed by atoms with Crippen molar-refractivity contribution in [3.63, 3.8) is 0 Å². The van der Waals surface area contributed by atoms with Gasteiger partial charge < -0.3 is 10.2 Å². The molecule has 0 aliphatic heterocycles. The Balaban J connectivity index is 2.15. The Morgan fingerprint density at radius 3 is 2.73 bits per heavy atom. The van der Waals surface area contributed by atoms with E-state index in [0.717, 1.165) is 18.6 Å².